The molecule has 0 bridgehead atoms. The Morgan fingerprint density at radius 3 is 2.38 bits per heavy atom. The predicted octanol–water partition coefficient (Wildman–Crippen LogP) is 3.15. The first-order chi connectivity index (χ1) is 15.4. The van der Waals surface area contributed by atoms with Gasteiger partial charge in [-0.25, -0.2) is 9.37 Å². The van der Waals surface area contributed by atoms with Gasteiger partial charge in [-0.3, -0.25) is 0 Å². The molecule has 2 fully saturated rings. The first kappa shape index (κ1) is 22.9. The molecule has 4 rings (SSSR count). The fourth-order valence-electron chi connectivity index (χ4n) is 4.51. The van der Waals surface area contributed by atoms with Crippen LogP contribution in [0.25, 0.3) is 0 Å². The van der Waals surface area contributed by atoms with E-state index in [9.17, 15) is 12.8 Å². The van der Waals surface area contributed by atoms with E-state index < -0.39 is 10.2 Å². The van der Waals surface area contributed by atoms with Gasteiger partial charge in [-0.05, 0) is 54.8 Å². The van der Waals surface area contributed by atoms with Crippen molar-refractivity contribution in [2.24, 2.45) is 0 Å². The lowest BCUT2D eigenvalue weighted by Crippen LogP contribution is -2.47. The Hall–Kier alpha value is -2.23. The summed E-state index contributed by atoms with van der Waals surface area (Å²) in [4.78, 5) is 8.93. The van der Waals surface area contributed by atoms with Crippen LogP contribution in [0.3, 0.4) is 0 Å². The molecule has 32 heavy (non-hydrogen) atoms. The van der Waals surface area contributed by atoms with Gasteiger partial charge in [0.15, 0.2) is 0 Å². The van der Waals surface area contributed by atoms with Crippen molar-refractivity contribution in [3.8, 4) is 0 Å². The second-order valence-corrected chi connectivity index (χ2v) is 10.4. The van der Waals surface area contributed by atoms with Gasteiger partial charge in [0, 0.05) is 57.7 Å². The minimum atomic E-state index is -3.52. The highest BCUT2D eigenvalue weighted by Gasteiger charge is 2.27. The first-order valence-corrected chi connectivity index (χ1v) is 12.8. The molecule has 2 aliphatic rings. The molecule has 1 aromatic heterocycles. The maximum absolute atomic E-state index is 13.2. The third kappa shape index (κ3) is 5.57. The Morgan fingerprint density at radius 2 is 1.69 bits per heavy atom. The number of nitrogens with one attached hydrogen (secondary N) is 1. The zero-order valence-corrected chi connectivity index (χ0v) is 19.4. The van der Waals surface area contributed by atoms with Crippen molar-refractivity contribution in [2.45, 2.75) is 44.7 Å². The number of hydrogen-bond donors (Lipinski definition) is 1. The molecule has 0 atom stereocenters. The molecular weight excluding hydrogens is 429 g/mol. The van der Waals surface area contributed by atoms with Crippen LogP contribution in [-0.2, 0) is 16.8 Å². The third-order valence-corrected chi connectivity index (χ3v) is 8.10. The summed E-state index contributed by atoms with van der Waals surface area (Å²) in [5, 5.41) is 0. The molecule has 1 aliphatic carbocycles. The maximum Gasteiger partial charge on any atom is 0.279 e. The average molecular weight is 462 g/mol. The molecular formula is C23H32FN5O2S. The van der Waals surface area contributed by atoms with E-state index in [1.165, 1.54) is 22.9 Å². The van der Waals surface area contributed by atoms with Crippen molar-refractivity contribution < 1.29 is 12.8 Å². The zero-order chi connectivity index (χ0) is 22.6. The van der Waals surface area contributed by atoms with Crippen LogP contribution in [0.1, 0.15) is 37.7 Å². The first-order valence-electron chi connectivity index (χ1n) is 11.4. The van der Waals surface area contributed by atoms with Crippen molar-refractivity contribution in [1.29, 1.82) is 0 Å². The van der Waals surface area contributed by atoms with Crippen molar-refractivity contribution in [2.75, 3.05) is 43.0 Å². The molecule has 1 saturated heterocycles. The summed E-state index contributed by atoms with van der Waals surface area (Å²) in [7, 11) is -1.84. The molecule has 0 spiro atoms. The standard InChI is InChI=1S/C23H32FN5O2S/c1-27(21-5-3-2-4-6-21)32(30,31)26-18-19-11-12-25-23(17-19)29-15-13-28(14-16-29)22-9-7-20(24)8-10-22/h7-12,17,21,26H,2-6,13-16,18H2,1H3. The van der Waals surface area contributed by atoms with Crippen LogP contribution < -0.4 is 14.5 Å². The number of hydrogen-bond acceptors (Lipinski definition) is 5. The fraction of sp³-hybridized carbons (Fsp3) is 0.522. The molecule has 2 heterocycles. The molecule has 7 nitrogen and oxygen atoms in total. The minimum absolute atomic E-state index is 0.0895. The van der Waals surface area contributed by atoms with Gasteiger partial charge in [0.05, 0.1) is 0 Å². The molecule has 1 aliphatic heterocycles. The maximum atomic E-state index is 13.2. The molecule has 1 N–H and O–H groups in total. The smallest absolute Gasteiger partial charge is 0.279 e. The number of rotatable bonds is 7. The molecule has 0 unspecified atom stereocenters. The van der Waals surface area contributed by atoms with Gasteiger partial charge in [0.25, 0.3) is 10.2 Å². The van der Waals surface area contributed by atoms with Crippen LogP contribution in [0.5, 0.6) is 0 Å². The number of anilines is 2. The Morgan fingerprint density at radius 1 is 1.03 bits per heavy atom. The molecule has 174 valence electrons. The summed E-state index contributed by atoms with van der Waals surface area (Å²) < 4.78 is 42.9. The normalized spacial score (nSPS) is 18.3. The number of nitrogens with zero attached hydrogens (tertiary/aromatic N) is 4. The average Bonchev–Trinajstić information content (AvgIpc) is 2.84. The van der Waals surface area contributed by atoms with Crippen LogP contribution >= 0.6 is 0 Å². The van der Waals surface area contributed by atoms with Gasteiger partial charge in [-0.2, -0.15) is 17.4 Å². The predicted molar refractivity (Wildman–Crippen MR) is 125 cm³/mol. The van der Waals surface area contributed by atoms with Crippen molar-refractivity contribution >= 4 is 21.7 Å². The van der Waals surface area contributed by atoms with Gasteiger partial charge in [-0.15, -0.1) is 0 Å². The van der Waals surface area contributed by atoms with Gasteiger partial charge >= 0.3 is 0 Å². The minimum Gasteiger partial charge on any atom is -0.368 e. The SMILES string of the molecule is CN(C1CCCCC1)S(=O)(=O)NCc1ccnc(N2CCN(c3ccc(F)cc3)CC2)c1. The summed E-state index contributed by atoms with van der Waals surface area (Å²) in [6.45, 7) is 3.46. The second-order valence-electron chi connectivity index (χ2n) is 8.61. The molecule has 0 amide bonds. The highest BCUT2D eigenvalue weighted by Crippen LogP contribution is 2.23. The monoisotopic (exact) mass is 461 g/mol. The van der Waals surface area contributed by atoms with E-state index in [1.54, 1.807) is 25.4 Å². The third-order valence-electron chi connectivity index (χ3n) is 6.53. The number of piperazine rings is 1. The number of pyridine rings is 1. The number of aromatic nitrogens is 1. The van der Waals surface area contributed by atoms with Crippen LogP contribution in [0.4, 0.5) is 15.9 Å². The highest BCUT2D eigenvalue weighted by molar-refractivity contribution is 7.87. The lowest BCUT2D eigenvalue weighted by atomic mass is 9.96. The van der Waals surface area contributed by atoms with Crippen molar-refractivity contribution in [3.63, 3.8) is 0 Å². The van der Waals surface area contributed by atoms with E-state index in [4.69, 9.17) is 0 Å². The van der Waals surface area contributed by atoms with Gasteiger partial charge in [0.1, 0.15) is 11.6 Å². The van der Waals surface area contributed by atoms with E-state index in [-0.39, 0.29) is 18.4 Å². The van der Waals surface area contributed by atoms with Gasteiger partial charge in [-0.1, -0.05) is 19.3 Å². The van der Waals surface area contributed by atoms with Crippen molar-refractivity contribution in [1.82, 2.24) is 14.0 Å². The second kappa shape index (κ2) is 10.1. The highest BCUT2D eigenvalue weighted by atomic mass is 32.2. The van der Waals surface area contributed by atoms with Crippen LogP contribution in [0.2, 0.25) is 0 Å². The van der Waals surface area contributed by atoms with Crippen molar-refractivity contribution in [3.05, 3.63) is 54.0 Å². The van der Waals surface area contributed by atoms with E-state index in [2.05, 4.69) is 19.5 Å². The Balaban J connectivity index is 1.33. The quantitative estimate of drug-likeness (QED) is 0.686. The molecule has 9 heteroatoms. The molecule has 1 aromatic carbocycles. The Kier molecular flexibility index (Phi) is 7.27. The van der Waals surface area contributed by atoms with Crippen LogP contribution in [0, 0.1) is 5.82 Å². The largest absolute Gasteiger partial charge is 0.368 e. The molecule has 1 saturated carbocycles. The summed E-state index contributed by atoms with van der Waals surface area (Å²) in [5.41, 5.74) is 1.90. The number of benzene rings is 1. The lowest BCUT2D eigenvalue weighted by molar-refractivity contribution is 0.283. The topological polar surface area (TPSA) is 68.8 Å². The summed E-state index contributed by atoms with van der Waals surface area (Å²) in [6, 6.07) is 10.5. The van der Waals surface area contributed by atoms with Gasteiger partial charge < -0.3 is 9.80 Å². The van der Waals surface area contributed by atoms with E-state index in [1.807, 2.05) is 12.1 Å². The molecule has 2 aromatic rings. The summed E-state index contributed by atoms with van der Waals surface area (Å²) >= 11 is 0. The van der Waals surface area contributed by atoms with E-state index >= 15 is 0 Å². The van der Waals surface area contributed by atoms with Crippen LogP contribution in [0.15, 0.2) is 42.6 Å². The fourth-order valence-corrected chi connectivity index (χ4v) is 5.66. The van der Waals surface area contributed by atoms with Crippen LogP contribution in [-0.4, -0.2) is 57.0 Å². The number of halogens is 1. The lowest BCUT2D eigenvalue weighted by Gasteiger charge is -2.36. The molecule has 0 radical (unpaired) electrons. The summed E-state index contributed by atoms with van der Waals surface area (Å²) in [6.07, 6.45) is 6.96. The van der Waals surface area contributed by atoms with Gasteiger partial charge in [0.2, 0.25) is 0 Å². The Labute approximate surface area is 190 Å². The Bertz CT molecular complexity index is 988. The summed E-state index contributed by atoms with van der Waals surface area (Å²) in [5.74, 6) is 0.620. The zero-order valence-electron chi connectivity index (χ0n) is 18.6. The van der Waals surface area contributed by atoms with E-state index in [0.717, 1.165) is 68.9 Å². The van der Waals surface area contributed by atoms with E-state index in [0.29, 0.717) is 0 Å².